The molecule has 2 fully saturated rings. The van der Waals surface area contributed by atoms with Crippen LogP contribution in [0.5, 0.6) is 5.88 Å². The molecule has 2 aromatic heterocycles. The third-order valence-corrected chi connectivity index (χ3v) is 6.32. The molecular weight excluding hydrogens is 469 g/mol. The number of nitrogens with one attached hydrogen (secondary N) is 1. The van der Waals surface area contributed by atoms with Crippen LogP contribution in [-0.4, -0.2) is 67.7 Å². The second-order valence-corrected chi connectivity index (χ2v) is 8.74. The summed E-state index contributed by atoms with van der Waals surface area (Å²) in [5.41, 5.74) is 3.28. The minimum atomic E-state index is -0.586. The number of benzene rings is 1. The molecule has 3 aromatic rings. The van der Waals surface area contributed by atoms with Crippen LogP contribution in [0.25, 0.3) is 11.0 Å². The van der Waals surface area contributed by atoms with Crippen molar-refractivity contribution in [1.82, 2.24) is 15.3 Å². The summed E-state index contributed by atoms with van der Waals surface area (Å²) in [6.45, 7) is 3.14. The molecule has 11 heteroatoms. The minimum absolute atomic E-state index is 0.0879. The number of pyridine rings is 2. The molecule has 1 N–H and O–H groups in total. The first-order valence-electron chi connectivity index (χ1n) is 11.6. The maximum Gasteiger partial charge on any atom is 0.414 e. The Morgan fingerprint density at radius 1 is 1.25 bits per heavy atom. The SMILES string of the molecule is COc1ccc2nccc(N3CCC(OC(=O)NC[C@@H]4CN(c5ccc(C)c(F)c5)C(=O)O4)C3)c2n1. The van der Waals surface area contributed by atoms with E-state index < -0.39 is 24.1 Å². The van der Waals surface area contributed by atoms with Crippen LogP contribution in [0.2, 0.25) is 0 Å². The van der Waals surface area contributed by atoms with Gasteiger partial charge in [-0.2, -0.15) is 0 Å². The number of halogens is 1. The average molecular weight is 496 g/mol. The van der Waals surface area contributed by atoms with E-state index in [0.717, 1.165) is 16.7 Å². The van der Waals surface area contributed by atoms with E-state index in [1.807, 2.05) is 12.1 Å². The molecule has 2 saturated heterocycles. The van der Waals surface area contributed by atoms with Crippen LogP contribution in [0.4, 0.5) is 25.4 Å². The van der Waals surface area contributed by atoms with E-state index in [4.69, 9.17) is 14.2 Å². The van der Waals surface area contributed by atoms with Crippen molar-refractivity contribution in [2.24, 2.45) is 0 Å². The van der Waals surface area contributed by atoms with Gasteiger partial charge in [-0.1, -0.05) is 6.07 Å². The number of alkyl carbamates (subject to hydrolysis) is 1. The molecule has 0 aliphatic carbocycles. The van der Waals surface area contributed by atoms with Crippen molar-refractivity contribution in [3.8, 4) is 5.88 Å². The molecule has 4 heterocycles. The Labute approximate surface area is 207 Å². The number of hydrogen-bond donors (Lipinski definition) is 1. The molecule has 1 unspecified atom stereocenters. The quantitative estimate of drug-likeness (QED) is 0.555. The second-order valence-electron chi connectivity index (χ2n) is 8.74. The molecule has 5 rings (SSSR count). The van der Waals surface area contributed by atoms with Crippen LogP contribution in [0.15, 0.2) is 42.6 Å². The number of amides is 2. The van der Waals surface area contributed by atoms with E-state index in [1.54, 1.807) is 38.4 Å². The van der Waals surface area contributed by atoms with Crippen molar-refractivity contribution < 1.29 is 28.2 Å². The average Bonchev–Trinajstić information content (AvgIpc) is 3.50. The van der Waals surface area contributed by atoms with Gasteiger partial charge in [0, 0.05) is 25.2 Å². The Balaban J connectivity index is 1.14. The number of nitrogens with zero attached hydrogens (tertiary/aromatic N) is 4. The predicted octanol–water partition coefficient (Wildman–Crippen LogP) is 3.42. The highest BCUT2D eigenvalue weighted by molar-refractivity contribution is 5.90. The number of carbonyl (C=O) groups excluding carboxylic acids is 2. The van der Waals surface area contributed by atoms with Gasteiger partial charge < -0.3 is 24.4 Å². The summed E-state index contributed by atoms with van der Waals surface area (Å²) in [4.78, 5) is 37.0. The van der Waals surface area contributed by atoms with Gasteiger partial charge in [0.15, 0.2) is 0 Å². The summed E-state index contributed by atoms with van der Waals surface area (Å²) in [5.74, 6) is 0.104. The smallest absolute Gasteiger partial charge is 0.414 e. The third kappa shape index (κ3) is 4.81. The molecule has 2 atom stereocenters. The van der Waals surface area contributed by atoms with Crippen LogP contribution < -0.4 is 19.9 Å². The third-order valence-electron chi connectivity index (χ3n) is 6.32. The summed E-state index contributed by atoms with van der Waals surface area (Å²) in [6, 6.07) is 10.1. The van der Waals surface area contributed by atoms with Gasteiger partial charge in [0.05, 0.1) is 43.6 Å². The number of methoxy groups -OCH3 is 1. The molecule has 188 valence electrons. The van der Waals surface area contributed by atoms with E-state index in [0.29, 0.717) is 36.6 Å². The number of rotatable bonds is 6. The van der Waals surface area contributed by atoms with Gasteiger partial charge in [0.1, 0.15) is 23.5 Å². The number of anilines is 2. The van der Waals surface area contributed by atoms with E-state index in [-0.39, 0.29) is 19.2 Å². The van der Waals surface area contributed by atoms with Crippen molar-refractivity contribution in [3.63, 3.8) is 0 Å². The highest BCUT2D eigenvalue weighted by atomic mass is 19.1. The summed E-state index contributed by atoms with van der Waals surface area (Å²) >= 11 is 0. The Hall–Kier alpha value is -4.15. The molecule has 0 bridgehead atoms. The topological polar surface area (TPSA) is 106 Å². The second kappa shape index (κ2) is 9.84. The highest BCUT2D eigenvalue weighted by Gasteiger charge is 2.33. The zero-order valence-corrected chi connectivity index (χ0v) is 19.9. The molecule has 2 aliphatic heterocycles. The van der Waals surface area contributed by atoms with Gasteiger partial charge in [-0.25, -0.2) is 19.0 Å². The summed E-state index contributed by atoms with van der Waals surface area (Å²) in [7, 11) is 1.56. The largest absolute Gasteiger partial charge is 0.481 e. The first kappa shape index (κ1) is 23.6. The fourth-order valence-electron chi connectivity index (χ4n) is 4.38. The van der Waals surface area contributed by atoms with Gasteiger partial charge >= 0.3 is 12.2 Å². The molecule has 0 spiro atoms. The number of cyclic esters (lactones) is 1. The van der Waals surface area contributed by atoms with Crippen LogP contribution in [0.3, 0.4) is 0 Å². The summed E-state index contributed by atoms with van der Waals surface area (Å²) < 4.78 is 30.0. The van der Waals surface area contributed by atoms with E-state index in [1.165, 1.54) is 11.0 Å². The van der Waals surface area contributed by atoms with Gasteiger partial charge in [-0.15, -0.1) is 0 Å². The number of aryl methyl sites for hydroxylation is 1. The molecule has 0 saturated carbocycles. The first-order valence-corrected chi connectivity index (χ1v) is 11.6. The van der Waals surface area contributed by atoms with Gasteiger partial charge in [0.25, 0.3) is 0 Å². The molecule has 2 aliphatic rings. The zero-order valence-electron chi connectivity index (χ0n) is 19.9. The van der Waals surface area contributed by atoms with Gasteiger partial charge in [-0.3, -0.25) is 9.88 Å². The van der Waals surface area contributed by atoms with Crippen LogP contribution in [0, 0.1) is 12.7 Å². The zero-order chi connectivity index (χ0) is 25.2. The van der Waals surface area contributed by atoms with E-state index in [9.17, 15) is 14.0 Å². The van der Waals surface area contributed by atoms with Crippen LogP contribution in [0.1, 0.15) is 12.0 Å². The van der Waals surface area contributed by atoms with Gasteiger partial charge in [0.2, 0.25) is 5.88 Å². The van der Waals surface area contributed by atoms with E-state index >= 15 is 0 Å². The van der Waals surface area contributed by atoms with E-state index in [2.05, 4.69) is 20.2 Å². The lowest BCUT2D eigenvalue weighted by Gasteiger charge is -2.20. The molecular formula is C25H26FN5O5. The normalized spacial score (nSPS) is 19.5. The Morgan fingerprint density at radius 3 is 2.92 bits per heavy atom. The Bertz CT molecular complexity index is 1310. The lowest BCUT2D eigenvalue weighted by molar-refractivity contribution is 0.0996. The highest BCUT2D eigenvalue weighted by Crippen LogP contribution is 2.29. The van der Waals surface area contributed by atoms with Crippen molar-refractivity contribution in [3.05, 3.63) is 54.0 Å². The molecule has 10 nitrogen and oxygen atoms in total. The number of hydrogen-bond acceptors (Lipinski definition) is 8. The maximum absolute atomic E-state index is 13.9. The fourth-order valence-corrected chi connectivity index (χ4v) is 4.38. The monoisotopic (exact) mass is 495 g/mol. The first-order chi connectivity index (χ1) is 17.4. The maximum atomic E-state index is 13.9. The minimum Gasteiger partial charge on any atom is -0.481 e. The predicted molar refractivity (Wildman–Crippen MR) is 130 cm³/mol. The van der Waals surface area contributed by atoms with Crippen molar-refractivity contribution in [1.29, 1.82) is 0 Å². The molecule has 2 amide bonds. The standard InChI is InChI=1S/C25H26FN5O5/c1-15-3-4-16(11-19(15)26)31-14-18(36-25(31)33)12-28-24(32)35-17-8-10-30(13-17)21-7-9-27-20-5-6-22(34-2)29-23(20)21/h3-7,9,11,17-18H,8,10,12-14H2,1-2H3,(H,28,32)/t17?,18-/m1/s1. The number of fused-ring (bicyclic) bond motifs is 1. The summed E-state index contributed by atoms with van der Waals surface area (Å²) in [6.07, 6.45) is 0.337. The number of aromatic nitrogens is 2. The van der Waals surface area contributed by atoms with Crippen molar-refractivity contribution in [2.45, 2.75) is 25.6 Å². The lowest BCUT2D eigenvalue weighted by atomic mass is 10.2. The van der Waals surface area contributed by atoms with Crippen LogP contribution >= 0.6 is 0 Å². The van der Waals surface area contributed by atoms with Gasteiger partial charge in [-0.05, 0) is 36.8 Å². The molecule has 36 heavy (non-hydrogen) atoms. The van der Waals surface area contributed by atoms with Crippen LogP contribution in [-0.2, 0) is 9.47 Å². The molecule has 1 aromatic carbocycles. The molecule has 0 radical (unpaired) electrons. The van der Waals surface area contributed by atoms with Crippen molar-refractivity contribution >= 4 is 34.6 Å². The Morgan fingerprint density at radius 2 is 2.11 bits per heavy atom. The summed E-state index contributed by atoms with van der Waals surface area (Å²) in [5, 5.41) is 2.67. The lowest BCUT2D eigenvalue weighted by Crippen LogP contribution is -2.37. The number of carbonyl (C=O) groups is 2. The fraction of sp³-hybridized carbons (Fsp3) is 0.360. The Kier molecular flexibility index (Phi) is 6.45. The van der Waals surface area contributed by atoms with Crippen molar-refractivity contribution in [2.75, 3.05) is 43.1 Å². The number of ether oxygens (including phenoxy) is 3.